The molecule has 0 spiro atoms. The van der Waals surface area contributed by atoms with Crippen molar-refractivity contribution in [3.63, 3.8) is 0 Å². The first-order valence-electron chi connectivity index (χ1n) is 11.6. The third-order valence-corrected chi connectivity index (χ3v) is 6.27. The fourth-order valence-electron chi connectivity index (χ4n) is 3.51. The highest BCUT2D eigenvalue weighted by Gasteiger charge is 2.27. The van der Waals surface area contributed by atoms with Crippen LogP contribution in [0.5, 0.6) is 5.75 Å². The van der Waals surface area contributed by atoms with E-state index in [0.29, 0.717) is 24.5 Å². The summed E-state index contributed by atoms with van der Waals surface area (Å²) in [6.45, 7) is 13.8. The van der Waals surface area contributed by atoms with Crippen LogP contribution in [-0.4, -0.2) is 37.2 Å². The molecule has 0 aliphatic heterocycles. The molecule has 7 nitrogen and oxygen atoms in total. The number of amides is 1. The number of carbonyl (C=O) groups excluding carboxylic acids is 3. The highest BCUT2D eigenvalue weighted by atomic mass is 32.1. The van der Waals surface area contributed by atoms with Crippen molar-refractivity contribution in [2.75, 3.05) is 18.5 Å². The lowest BCUT2D eigenvalue weighted by molar-refractivity contribution is -0.116. The first kappa shape index (κ1) is 27.4. The molecule has 0 unspecified atom stereocenters. The summed E-state index contributed by atoms with van der Waals surface area (Å²) in [6.07, 6.45) is 0.398. The molecule has 0 aliphatic rings. The van der Waals surface area contributed by atoms with Crippen LogP contribution in [0, 0.1) is 13.8 Å². The van der Waals surface area contributed by atoms with Crippen LogP contribution in [0.1, 0.15) is 90.1 Å². The Kier molecular flexibility index (Phi) is 10.1. The molecule has 34 heavy (non-hydrogen) atoms. The van der Waals surface area contributed by atoms with Gasteiger partial charge in [0.2, 0.25) is 5.91 Å². The summed E-state index contributed by atoms with van der Waals surface area (Å²) in [6, 6.07) is 6.02. The predicted molar refractivity (Wildman–Crippen MR) is 134 cm³/mol. The molecule has 0 aliphatic carbocycles. The lowest BCUT2D eigenvalue weighted by Gasteiger charge is -2.12. The Labute approximate surface area is 205 Å². The van der Waals surface area contributed by atoms with Crippen LogP contribution in [0.2, 0.25) is 0 Å². The minimum Gasteiger partial charge on any atom is -0.494 e. The Morgan fingerprint density at radius 2 is 1.76 bits per heavy atom. The van der Waals surface area contributed by atoms with Crippen LogP contribution in [-0.2, 0) is 14.3 Å². The van der Waals surface area contributed by atoms with Crippen molar-refractivity contribution in [2.24, 2.45) is 0 Å². The van der Waals surface area contributed by atoms with Crippen molar-refractivity contribution >= 4 is 34.2 Å². The maximum absolute atomic E-state index is 12.6. The van der Waals surface area contributed by atoms with E-state index in [1.54, 1.807) is 27.7 Å². The third kappa shape index (κ3) is 7.32. The molecule has 1 amide bonds. The molecule has 1 N–H and O–H groups in total. The van der Waals surface area contributed by atoms with Crippen LogP contribution < -0.4 is 10.1 Å². The molecular formula is C26H35NO6S. The number of rotatable bonds is 11. The number of carbonyl (C=O) groups is 3. The fourth-order valence-corrected chi connectivity index (χ4v) is 4.60. The van der Waals surface area contributed by atoms with Crippen LogP contribution in [0.25, 0.3) is 0 Å². The van der Waals surface area contributed by atoms with Gasteiger partial charge < -0.3 is 19.5 Å². The molecule has 0 atom stereocenters. The topological polar surface area (TPSA) is 90.9 Å². The molecular weight excluding hydrogens is 454 g/mol. The maximum Gasteiger partial charge on any atom is 0.348 e. The average molecular weight is 490 g/mol. The van der Waals surface area contributed by atoms with Gasteiger partial charge in [0, 0.05) is 6.42 Å². The quantitative estimate of drug-likeness (QED) is 0.306. The van der Waals surface area contributed by atoms with Crippen LogP contribution in [0.15, 0.2) is 18.2 Å². The van der Waals surface area contributed by atoms with Crippen LogP contribution in [0.3, 0.4) is 0 Å². The maximum atomic E-state index is 12.6. The second-order valence-corrected chi connectivity index (χ2v) is 9.63. The molecule has 1 aromatic heterocycles. The molecule has 0 fully saturated rings. The standard InChI is InChI=1S/C26H35NO6S/c1-8-31-25(29)22-18(7)23(26(30)33-16(4)5)34-24(22)27-21(28)10-9-13-32-19-11-12-20(15(2)3)17(6)14-19/h11-12,14-16H,8-10,13H2,1-7H3,(H,27,28). The van der Waals surface area contributed by atoms with E-state index < -0.39 is 11.9 Å². The third-order valence-electron chi connectivity index (χ3n) is 5.09. The molecule has 186 valence electrons. The van der Waals surface area contributed by atoms with Crippen molar-refractivity contribution in [3.8, 4) is 5.75 Å². The first-order chi connectivity index (χ1) is 16.0. The van der Waals surface area contributed by atoms with Crippen LogP contribution >= 0.6 is 11.3 Å². The van der Waals surface area contributed by atoms with E-state index in [4.69, 9.17) is 14.2 Å². The van der Waals surface area contributed by atoms with E-state index in [0.717, 1.165) is 17.1 Å². The summed E-state index contributed by atoms with van der Waals surface area (Å²) in [5.74, 6) is -0.167. The summed E-state index contributed by atoms with van der Waals surface area (Å²) in [5.41, 5.74) is 3.09. The number of esters is 2. The summed E-state index contributed by atoms with van der Waals surface area (Å²) in [5, 5.41) is 3.05. The van der Waals surface area contributed by atoms with Gasteiger partial charge in [-0.1, -0.05) is 19.9 Å². The van der Waals surface area contributed by atoms with Gasteiger partial charge in [-0.05, 0) is 75.8 Å². The normalized spacial score (nSPS) is 11.0. The van der Waals surface area contributed by atoms with Crippen molar-refractivity contribution in [1.82, 2.24) is 0 Å². The fraction of sp³-hybridized carbons (Fsp3) is 0.500. The van der Waals surface area contributed by atoms with E-state index in [-0.39, 0.29) is 40.5 Å². The summed E-state index contributed by atoms with van der Waals surface area (Å²) < 4.78 is 16.2. The van der Waals surface area contributed by atoms with Gasteiger partial charge in [0.05, 0.1) is 24.9 Å². The highest BCUT2D eigenvalue weighted by Crippen LogP contribution is 2.34. The Balaban J connectivity index is 2.02. The minimum absolute atomic E-state index is 0.183. The number of hydrogen-bond donors (Lipinski definition) is 1. The number of nitrogens with one attached hydrogen (secondary N) is 1. The molecule has 0 saturated heterocycles. The summed E-state index contributed by atoms with van der Waals surface area (Å²) in [4.78, 5) is 37.8. The number of aryl methyl sites for hydroxylation is 1. The van der Waals surface area contributed by atoms with E-state index in [2.05, 4.69) is 32.2 Å². The summed E-state index contributed by atoms with van der Waals surface area (Å²) in [7, 11) is 0. The monoisotopic (exact) mass is 489 g/mol. The molecule has 0 radical (unpaired) electrons. The van der Waals surface area contributed by atoms with E-state index in [1.807, 2.05) is 12.1 Å². The van der Waals surface area contributed by atoms with Crippen molar-refractivity contribution in [3.05, 3.63) is 45.3 Å². The minimum atomic E-state index is -0.585. The molecule has 1 heterocycles. The van der Waals surface area contributed by atoms with Gasteiger partial charge in [-0.15, -0.1) is 11.3 Å². The number of benzene rings is 1. The molecule has 8 heteroatoms. The molecule has 0 saturated carbocycles. The van der Waals surface area contributed by atoms with Gasteiger partial charge in [-0.2, -0.15) is 0 Å². The lowest BCUT2D eigenvalue weighted by atomic mass is 9.98. The SMILES string of the molecule is CCOC(=O)c1c(NC(=O)CCCOc2ccc(C(C)C)c(C)c2)sc(C(=O)OC(C)C)c1C. The molecule has 2 rings (SSSR count). The zero-order valence-corrected chi connectivity index (χ0v) is 21.9. The molecule has 2 aromatic rings. The second kappa shape index (κ2) is 12.6. The van der Waals surface area contributed by atoms with Gasteiger partial charge in [0.15, 0.2) is 0 Å². The van der Waals surface area contributed by atoms with Gasteiger partial charge in [0.1, 0.15) is 15.6 Å². The Morgan fingerprint density at radius 3 is 2.35 bits per heavy atom. The number of thiophene rings is 1. The second-order valence-electron chi connectivity index (χ2n) is 8.61. The number of ether oxygens (including phenoxy) is 3. The number of hydrogen-bond acceptors (Lipinski definition) is 7. The van der Waals surface area contributed by atoms with Gasteiger partial charge in [0.25, 0.3) is 0 Å². The first-order valence-corrected chi connectivity index (χ1v) is 12.4. The van der Waals surface area contributed by atoms with Gasteiger partial charge in [-0.25, -0.2) is 9.59 Å². The summed E-state index contributed by atoms with van der Waals surface area (Å²) >= 11 is 1.02. The largest absolute Gasteiger partial charge is 0.494 e. The van der Waals surface area contributed by atoms with Crippen molar-refractivity contribution in [2.45, 2.75) is 73.3 Å². The Hall–Kier alpha value is -2.87. The molecule has 1 aromatic carbocycles. The predicted octanol–water partition coefficient (Wildman–Crippen LogP) is 6.03. The Bertz CT molecular complexity index is 1020. The van der Waals surface area contributed by atoms with E-state index >= 15 is 0 Å². The van der Waals surface area contributed by atoms with Crippen molar-refractivity contribution < 1.29 is 28.6 Å². The number of anilines is 1. The van der Waals surface area contributed by atoms with Gasteiger partial charge >= 0.3 is 11.9 Å². The van der Waals surface area contributed by atoms with Crippen LogP contribution in [0.4, 0.5) is 5.00 Å². The lowest BCUT2D eigenvalue weighted by Crippen LogP contribution is -2.15. The zero-order valence-electron chi connectivity index (χ0n) is 21.1. The van der Waals surface area contributed by atoms with Crippen molar-refractivity contribution in [1.29, 1.82) is 0 Å². The van der Waals surface area contributed by atoms with E-state index in [1.165, 1.54) is 11.1 Å². The van der Waals surface area contributed by atoms with E-state index in [9.17, 15) is 14.4 Å². The average Bonchev–Trinajstić information content (AvgIpc) is 3.06. The molecule has 0 bridgehead atoms. The van der Waals surface area contributed by atoms with Gasteiger partial charge in [-0.3, -0.25) is 4.79 Å². The smallest absolute Gasteiger partial charge is 0.348 e. The Morgan fingerprint density at radius 1 is 1.06 bits per heavy atom. The zero-order chi connectivity index (χ0) is 25.4. The highest BCUT2D eigenvalue weighted by molar-refractivity contribution is 7.18.